The highest BCUT2D eigenvalue weighted by atomic mass is 19.4. The van der Waals surface area contributed by atoms with Crippen molar-refractivity contribution >= 4 is 11.9 Å². The van der Waals surface area contributed by atoms with Crippen LogP contribution in [0.25, 0.3) is 0 Å². The summed E-state index contributed by atoms with van der Waals surface area (Å²) in [6.07, 6.45) is -3.17. The van der Waals surface area contributed by atoms with E-state index < -0.39 is 59.1 Å². The summed E-state index contributed by atoms with van der Waals surface area (Å²) in [6, 6.07) is -0.517. The zero-order chi connectivity index (χ0) is 26.4. The van der Waals surface area contributed by atoms with Crippen molar-refractivity contribution in [1.29, 1.82) is 0 Å². The van der Waals surface area contributed by atoms with E-state index in [0.29, 0.717) is 18.6 Å². The number of rotatable bonds is 7. The lowest BCUT2D eigenvalue weighted by atomic mass is 10.00. The number of fused-ring (bicyclic) bond motifs is 1. The van der Waals surface area contributed by atoms with Crippen LogP contribution in [-0.2, 0) is 35.2 Å². The Morgan fingerprint density at radius 3 is 2.44 bits per heavy atom. The lowest BCUT2D eigenvalue weighted by molar-refractivity contribution is -0.149. The Kier molecular flexibility index (Phi) is 7.04. The quantitative estimate of drug-likeness (QED) is 0.344. The van der Waals surface area contributed by atoms with Gasteiger partial charge in [0, 0.05) is 25.1 Å². The molecule has 13 heteroatoms. The fourth-order valence-electron chi connectivity index (χ4n) is 4.57. The van der Waals surface area contributed by atoms with E-state index in [4.69, 9.17) is 5.73 Å². The van der Waals surface area contributed by atoms with Crippen molar-refractivity contribution in [3.63, 3.8) is 0 Å². The van der Waals surface area contributed by atoms with Gasteiger partial charge in [0.25, 0.3) is 0 Å². The van der Waals surface area contributed by atoms with Crippen LogP contribution in [-0.4, -0.2) is 45.5 Å². The maximum Gasteiger partial charge on any atom is 0.449 e. The zero-order valence-electron chi connectivity index (χ0n) is 19.2. The number of carbonyl (C=O) groups excluding carboxylic acids is 2. The Balaban J connectivity index is 1.59. The van der Waals surface area contributed by atoms with Crippen LogP contribution in [0.3, 0.4) is 0 Å². The van der Waals surface area contributed by atoms with E-state index in [1.807, 2.05) is 0 Å². The van der Waals surface area contributed by atoms with Gasteiger partial charge < -0.3 is 19.9 Å². The van der Waals surface area contributed by atoms with E-state index >= 15 is 0 Å². The summed E-state index contributed by atoms with van der Waals surface area (Å²) < 4.78 is 87.2. The first kappa shape index (κ1) is 26.0. The predicted octanol–water partition coefficient (Wildman–Crippen LogP) is 3.58. The molecular formula is C23H24F6N4O3. The molecule has 2 aliphatic rings. The van der Waals surface area contributed by atoms with Crippen LogP contribution in [0.5, 0.6) is 0 Å². The molecule has 2 aromatic rings. The van der Waals surface area contributed by atoms with Gasteiger partial charge in [-0.3, -0.25) is 4.79 Å². The minimum Gasteiger partial charge on any atom is -0.464 e. The summed E-state index contributed by atoms with van der Waals surface area (Å²) in [4.78, 5) is 30.2. The van der Waals surface area contributed by atoms with Crippen LogP contribution in [0.1, 0.15) is 53.3 Å². The Bertz CT molecular complexity index is 1180. The first-order valence-electron chi connectivity index (χ1n) is 11.3. The normalized spacial score (nSPS) is 18.7. The summed E-state index contributed by atoms with van der Waals surface area (Å²) in [7, 11) is 1.01. The van der Waals surface area contributed by atoms with Crippen molar-refractivity contribution in [3.8, 4) is 0 Å². The van der Waals surface area contributed by atoms with Gasteiger partial charge in [0.1, 0.15) is 5.82 Å². The Morgan fingerprint density at radius 1 is 1.17 bits per heavy atom. The molecule has 0 bridgehead atoms. The van der Waals surface area contributed by atoms with Crippen molar-refractivity contribution in [2.24, 2.45) is 11.7 Å². The molecule has 1 aliphatic heterocycles. The summed E-state index contributed by atoms with van der Waals surface area (Å²) in [5.74, 6) is -6.18. The molecule has 1 aliphatic carbocycles. The third-order valence-corrected chi connectivity index (χ3v) is 6.49. The highest BCUT2D eigenvalue weighted by Crippen LogP contribution is 2.39. The van der Waals surface area contributed by atoms with E-state index in [1.54, 1.807) is 0 Å². The number of alkyl halides is 3. The second-order valence-corrected chi connectivity index (χ2v) is 9.21. The lowest BCUT2D eigenvalue weighted by Crippen LogP contribution is -2.49. The molecule has 36 heavy (non-hydrogen) atoms. The molecule has 2 N–H and O–H groups in total. The number of benzene rings is 1. The van der Waals surface area contributed by atoms with Gasteiger partial charge in [-0.1, -0.05) is 12.8 Å². The zero-order valence-corrected chi connectivity index (χ0v) is 19.2. The van der Waals surface area contributed by atoms with Gasteiger partial charge in [0.2, 0.25) is 11.7 Å². The molecule has 7 nitrogen and oxygen atoms in total. The average Bonchev–Trinajstić information content (AvgIpc) is 3.52. The Hall–Kier alpha value is -3.09. The topological polar surface area (TPSA) is 90.5 Å². The molecule has 2 heterocycles. The van der Waals surface area contributed by atoms with E-state index in [9.17, 15) is 35.9 Å². The standard InChI is InChI=1S/C23H24F6N4O3/c1-36-21(35)20-18-10-32(14(4-11-2-3-11)9-33(18)22(31-20)23(27,28)29)19(34)7-13(30)5-12-6-16(25)17(26)8-15(12)24/h6,8,11,13-14H,2-5,7,9-10,30H2,1H3/t13-,14?/m1/s1. The number of halogens is 6. The van der Waals surface area contributed by atoms with Gasteiger partial charge in [-0.05, 0) is 30.4 Å². The second-order valence-electron chi connectivity index (χ2n) is 9.21. The fraction of sp³-hybridized carbons (Fsp3) is 0.522. The number of amides is 1. The molecule has 1 aromatic heterocycles. The SMILES string of the molecule is COC(=O)c1nc(C(F)(F)F)n2c1CN(C(=O)C[C@H](N)Cc1cc(F)c(F)cc1F)C(CC1CC1)C2. The molecule has 4 rings (SSSR count). The molecule has 1 aromatic carbocycles. The van der Waals surface area contributed by atoms with E-state index in [-0.39, 0.29) is 43.1 Å². The molecular weight excluding hydrogens is 494 g/mol. The van der Waals surface area contributed by atoms with Crippen LogP contribution in [0.2, 0.25) is 0 Å². The van der Waals surface area contributed by atoms with Crippen molar-refractivity contribution in [3.05, 3.63) is 52.4 Å². The second kappa shape index (κ2) is 9.75. The molecule has 0 saturated heterocycles. The number of methoxy groups -OCH3 is 1. The number of ether oxygens (including phenoxy) is 1. The molecule has 1 saturated carbocycles. The van der Waals surface area contributed by atoms with E-state index in [2.05, 4.69) is 9.72 Å². The molecule has 0 spiro atoms. The number of aromatic nitrogens is 2. The van der Waals surface area contributed by atoms with Crippen LogP contribution in [0, 0.1) is 23.4 Å². The van der Waals surface area contributed by atoms with E-state index in [0.717, 1.165) is 24.5 Å². The van der Waals surface area contributed by atoms with Gasteiger partial charge in [0.05, 0.1) is 25.4 Å². The van der Waals surface area contributed by atoms with Crippen LogP contribution < -0.4 is 5.73 Å². The molecule has 0 radical (unpaired) electrons. The summed E-state index contributed by atoms with van der Waals surface area (Å²) in [5.41, 5.74) is 5.18. The van der Waals surface area contributed by atoms with E-state index in [1.165, 1.54) is 4.90 Å². The summed E-state index contributed by atoms with van der Waals surface area (Å²) in [6.45, 7) is -0.542. The van der Waals surface area contributed by atoms with Gasteiger partial charge in [-0.2, -0.15) is 13.2 Å². The number of hydrogen-bond acceptors (Lipinski definition) is 5. The highest BCUT2D eigenvalue weighted by molar-refractivity contribution is 5.89. The van der Waals surface area contributed by atoms with Crippen molar-refractivity contribution in [2.45, 2.75) is 63.5 Å². The Labute approximate surface area is 202 Å². The van der Waals surface area contributed by atoms with Gasteiger partial charge in [-0.25, -0.2) is 22.9 Å². The molecule has 1 unspecified atom stereocenters. The van der Waals surface area contributed by atoms with Crippen LogP contribution in [0.15, 0.2) is 12.1 Å². The number of hydrogen-bond donors (Lipinski definition) is 1. The average molecular weight is 518 g/mol. The number of imidazole rings is 1. The monoisotopic (exact) mass is 518 g/mol. The molecule has 2 atom stereocenters. The van der Waals surface area contributed by atoms with Crippen LogP contribution >= 0.6 is 0 Å². The molecule has 1 amide bonds. The first-order chi connectivity index (χ1) is 16.9. The predicted molar refractivity (Wildman–Crippen MR) is 113 cm³/mol. The lowest BCUT2D eigenvalue weighted by Gasteiger charge is -2.38. The van der Waals surface area contributed by atoms with Gasteiger partial charge in [0.15, 0.2) is 17.3 Å². The smallest absolute Gasteiger partial charge is 0.449 e. The minimum atomic E-state index is -4.83. The number of nitrogens with two attached hydrogens (primary N) is 1. The summed E-state index contributed by atoms with van der Waals surface area (Å²) in [5, 5.41) is 0. The Morgan fingerprint density at radius 2 is 1.83 bits per heavy atom. The first-order valence-corrected chi connectivity index (χ1v) is 11.3. The maximum absolute atomic E-state index is 14.0. The third kappa shape index (κ3) is 5.35. The molecule has 1 fully saturated rings. The van der Waals surface area contributed by atoms with Crippen molar-refractivity contribution in [2.75, 3.05) is 7.11 Å². The van der Waals surface area contributed by atoms with Crippen molar-refractivity contribution in [1.82, 2.24) is 14.5 Å². The van der Waals surface area contributed by atoms with Gasteiger partial charge in [-0.15, -0.1) is 0 Å². The molecule has 196 valence electrons. The maximum atomic E-state index is 14.0. The summed E-state index contributed by atoms with van der Waals surface area (Å²) >= 11 is 0. The number of nitrogens with zero attached hydrogens (tertiary/aromatic N) is 3. The third-order valence-electron chi connectivity index (χ3n) is 6.49. The van der Waals surface area contributed by atoms with Crippen LogP contribution in [0.4, 0.5) is 26.3 Å². The fourth-order valence-corrected chi connectivity index (χ4v) is 4.57. The van der Waals surface area contributed by atoms with Gasteiger partial charge >= 0.3 is 12.1 Å². The highest BCUT2D eigenvalue weighted by Gasteiger charge is 2.44. The van der Waals surface area contributed by atoms with Crippen molar-refractivity contribution < 1.29 is 40.7 Å². The number of esters is 1. The number of carbonyl (C=O) groups is 2. The minimum absolute atomic E-state index is 0.102. The largest absolute Gasteiger partial charge is 0.464 e.